The van der Waals surface area contributed by atoms with Crippen LogP contribution in [0, 0.1) is 11.8 Å². The van der Waals surface area contributed by atoms with Gasteiger partial charge in [0.1, 0.15) is 34.4 Å². The third kappa shape index (κ3) is 15.1. The van der Waals surface area contributed by atoms with Crippen molar-refractivity contribution < 1.29 is 53.5 Å². The summed E-state index contributed by atoms with van der Waals surface area (Å²) >= 11 is 6.59. The molecule has 4 bridgehead atoms. The number of ketones is 1. The van der Waals surface area contributed by atoms with E-state index in [1.165, 1.54) is 18.9 Å². The number of alkyl carbamates (subject to hydrolysis) is 1. The Bertz CT molecular complexity index is 1660. The maximum atomic E-state index is 13.2. The molecule has 3 aliphatic rings. The molecule has 1 aromatic carbocycles. The van der Waals surface area contributed by atoms with Crippen molar-refractivity contribution in [3.05, 3.63) is 46.5 Å². The van der Waals surface area contributed by atoms with Crippen LogP contribution in [0.3, 0.4) is 0 Å². The standard InChI is InChI=1S/C27H35ClN2O6.C13H23NO4S2.CH4O/c1-16-8-6-7-10-27(33)15-21(35-25(32)29-27)17(2)24-26(3,36-24)11-9-22(31)30(4)19-13-18(12-16)14-20(34-5)23(19)28;1-9(2)11(15)5-7-19-20-8-6-12(16)14(4)10(3)13(17)18;1-2/h6-8,13-14,17,21,24,33H,9-12,15H2,1-5H3,(H,29,32);9-10H,5-8H2,1-4H3,(H,17,18);2H,1H3/b7-6+,16-8+;;/t17?,21?,24?,26?,27-;;/m0../s1. The highest BCUT2D eigenvalue weighted by Crippen LogP contribution is 2.47. The highest BCUT2D eigenvalue weighted by atomic mass is 35.5. The van der Waals surface area contributed by atoms with E-state index < -0.39 is 35.5 Å². The first kappa shape index (κ1) is 50.9. The van der Waals surface area contributed by atoms with Crippen molar-refractivity contribution >= 4 is 68.5 Å². The maximum absolute atomic E-state index is 13.2. The van der Waals surface area contributed by atoms with Crippen molar-refractivity contribution in [2.24, 2.45) is 11.8 Å². The smallest absolute Gasteiger partial charge is 0.409 e. The predicted molar refractivity (Wildman–Crippen MR) is 229 cm³/mol. The maximum Gasteiger partial charge on any atom is 0.409 e. The molecule has 17 heteroatoms. The van der Waals surface area contributed by atoms with E-state index >= 15 is 0 Å². The lowest BCUT2D eigenvalue weighted by Gasteiger charge is -2.38. The van der Waals surface area contributed by atoms with Crippen molar-refractivity contribution in [1.29, 1.82) is 0 Å². The first-order valence-electron chi connectivity index (χ1n) is 19.3. The molecule has 1 aromatic rings. The van der Waals surface area contributed by atoms with Gasteiger partial charge in [0, 0.05) is 76.7 Å². The van der Waals surface area contributed by atoms with Crippen LogP contribution in [0.15, 0.2) is 35.9 Å². The van der Waals surface area contributed by atoms with Crippen molar-refractivity contribution in [3.63, 3.8) is 0 Å². The second kappa shape index (κ2) is 23.5. The van der Waals surface area contributed by atoms with Crippen LogP contribution in [0.1, 0.15) is 85.6 Å². The molecule has 2 saturated heterocycles. The molecule has 4 rings (SSSR count). The highest BCUT2D eigenvalue weighted by Gasteiger charge is 2.58. The zero-order valence-electron chi connectivity index (χ0n) is 35.3. The molecule has 326 valence electrons. The van der Waals surface area contributed by atoms with Gasteiger partial charge in [0.2, 0.25) is 11.8 Å². The number of anilines is 1. The van der Waals surface area contributed by atoms with Crippen LogP contribution >= 0.6 is 33.2 Å². The van der Waals surface area contributed by atoms with Crippen LogP contribution in [0.2, 0.25) is 5.02 Å². The number of carbonyl (C=O) groups is 5. The molecular formula is C41H62ClN3O11S2. The second-order valence-corrected chi connectivity index (χ2v) is 18.3. The van der Waals surface area contributed by atoms with E-state index in [0.29, 0.717) is 47.9 Å². The Hall–Kier alpha value is -3.28. The molecular weight excluding hydrogens is 810 g/mol. The number of carbonyl (C=O) groups excluding carboxylic acids is 4. The fourth-order valence-corrected chi connectivity index (χ4v) is 8.73. The lowest BCUT2D eigenvalue weighted by atomic mass is 9.85. The molecule has 0 saturated carbocycles. The zero-order valence-corrected chi connectivity index (χ0v) is 37.7. The Labute approximate surface area is 355 Å². The van der Waals surface area contributed by atoms with E-state index in [4.69, 9.17) is 36.0 Å². The average molecular weight is 873 g/mol. The Morgan fingerprint density at radius 1 is 1.14 bits per heavy atom. The number of benzene rings is 1. The van der Waals surface area contributed by atoms with Gasteiger partial charge in [-0.2, -0.15) is 0 Å². The fraction of sp³-hybridized carbons (Fsp3) is 0.634. The summed E-state index contributed by atoms with van der Waals surface area (Å²) in [6, 6.07) is 2.99. The second-order valence-electron chi connectivity index (χ2n) is 15.2. The molecule has 3 heterocycles. The number of aliphatic hydroxyl groups excluding tert-OH is 1. The van der Waals surface area contributed by atoms with Crippen LogP contribution in [-0.2, 0) is 35.1 Å². The first-order chi connectivity index (χ1) is 27.2. The number of fused-ring (bicyclic) bond motifs is 5. The lowest BCUT2D eigenvalue weighted by molar-refractivity contribution is -0.148. The number of carboxylic acid groups (broad SMARTS) is 1. The summed E-state index contributed by atoms with van der Waals surface area (Å²) in [5.41, 5.74) is 0.692. The van der Waals surface area contributed by atoms with Crippen LogP contribution in [-0.4, -0.2) is 119 Å². The number of nitrogens with zero attached hydrogens (tertiary/aromatic N) is 2. The normalized spacial score (nSPS) is 26.4. The van der Waals surface area contributed by atoms with E-state index in [0.717, 1.165) is 24.0 Å². The topological polar surface area (TPSA) is 196 Å². The van der Waals surface area contributed by atoms with Gasteiger partial charge in [-0.1, -0.05) is 77.8 Å². The number of epoxide rings is 1. The molecule has 0 spiro atoms. The SMILES string of the molecule is CC(C)C(=O)CCSSCCC(=O)N(C)C(C)C(=O)O.CO.COc1cc2cc(c1Cl)N(C)C(=O)CCC1(C)OC1C(C)C1C[C@@](O)(C/C=C/C=C(\C)C2)NC(=O)O1. The summed E-state index contributed by atoms with van der Waals surface area (Å²) in [5, 5.41) is 29.8. The summed E-state index contributed by atoms with van der Waals surface area (Å²) in [6.07, 6.45) is 7.07. The number of methoxy groups -OCH3 is 1. The van der Waals surface area contributed by atoms with Gasteiger partial charge in [-0.05, 0) is 51.3 Å². The van der Waals surface area contributed by atoms with Gasteiger partial charge < -0.3 is 39.3 Å². The largest absolute Gasteiger partial charge is 0.495 e. The van der Waals surface area contributed by atoms with Crippen LogP contribution < -0.4 is 15.0 Å². The number of allylic oxidation sites excluding steroid dienone is 3. The average Bonchev–Trinajstić information content (AvgIpc) is 3.86. The summed E-state index contributed by atoms with van der Waals surface area (Å²) in [5.74, 6) is 0.792. The number of Topliss-reactive ketones (excluding diaryl/α,β-unsaturated/α-hetero) is 1. The number of likely N-dealkylation sites (N-methyl/N-ethyl adjacent to an activating group) is 1. The van der Waals surface area contributed by atoms with Crippen LogP contribution in [0.25, 0.3) is 0 Å². The Morgan fingerprint density at radius 2 is 1.78 bits per heavy atom. The summed E-state index contributed by atoms with van der Waals surface area (Å²) in [6.45, 7) is 11.2. The number of nitrogens with one attached hydrogen (secondary N) is 1. The van der Waals surface area contributed by atoms with Gasteiger partial charge in [-0.15, -0.1) is 0 Å². The molecule has 14 nitrogen and oxygen atoms in total. The van der Waals surface area contributed by atoms with E-state index in [9.17, 15) is 29.1 Å². The molecule has 4 N–H and O–H groups in total. The molecule has 6 atom stereocenters. The van der Waals surface area contributed by atoms with Crippen LogP contribution in [0.4, 0.5) is 10.5 Å². The third-order valence-corrected chi connectivity index (χ3v) is 13.1. The van der Waals surface area contributed by atoms with E-state index in [1.54, 1.807) is 40.6 Å². The van der Waals surface area contributed by atoms with Crippen molar-refractivity contribution in [1.82, 2.24) is 10.2 Å². The van der Waals surface area contributed by atoms with Gasteiger partial charge >= 0.3 is 12.1 Å². The molecule has 5 unspecified atom stereocenters. The van der Waals surface area contributed by atoms with Crippen LogP contribution in [0.5, 0.6) is 5.75 Å². The summed E-state index contributed by atoms with van der Waals surface area (Å²) in [4.78, 5) is 62.0. The molecule has 0 aromatic heterocycles. The predicted octanol–water partition coefficient (Wildman–Crippen LogP) is 6.43. The Kier molecular flexibility index (Phi) is 20.6. The minimum Gasteiger partial charge on any atom is -0.495 e. The molecule has 0 radical (unpaired) electrons. The number of ether oxygens (including phenoxy) is 3. The van der Waals surface area contributed by atoms with Crippen molar-refractivity contribution in [2.75, 3.05) is 44.7 Å². The minimum absolute atomic E-state index is 0.0772. The van der Waals surface area contributed by atoms with E-state index in [2.05, 4.69) is 5.32 Å². The Balaban J connectivity index is 0.000000450. The molecule has 2 fully saturated rings. The van der Waals surface area contributed by atoms with Gasteiger partial charge in [-0.3, -0.25) is 19.7 Å². The summed E-state index contributed by atoms with van der Waals surface area (Å²) < 4.78 is 17.0. The third-order valence-electron chi connectivity index (χ3n) is 10.4. The first-order valence-corrected chi connectivity index (χ1v) is 22.1. The molecule has 3 aliphatic heterocycles. The summed E-state index contributed by atoms with van der Waals surface area (Å²) in [7, 11) is 8.89. The number of aliphatic hydroxyl groups is 2. The fourth-order valence-electron chi connectivity index (χ4n) is 6.43. The molecule has 3 amide bonds. The van der Waals surface area contributed by atoms with Gasteiger partial charge in [0.15, 0.2) is 0 Å². The monoisotopic (exact) mass is 871 g/mol. The number of carboxylic acids is 1. The van der Waals surface area contributed by atoms with Gasteiger partial charge in [-0.25, -0.2) is 9.59 Å². The number of rotatable bonds is 11. The van der Waals surface area contributed by atoms with Gasteiger partial charge in [0.25, 0.3) is 0 Å². The number of halogens is 1. The number of hydrogen-bond acceptors (Lipinski definition) is 12. The Morgan fingerprint density at radius 3 is 2.38 bits per heavy atom. The quantitative estimate of drug-likeness (QED) is 0.108. The lowest BCUT2D eigenvalue weighted by Crippen LogP contribution is -2.57. The van der Waals surface area contributed by atoms with Gasteiger partial charge in [0.05, 0.1) is 24.5 Å². The minimum atomic E-state index is -1.40. The number of hydrogen-bond donors (Lipinski definition) is 4. The van der Waals surface area contributed by atoms with Crippen molar-refractivity contribution in [2.45, 2.75) is 116 Å². The number of amides is 3. The van der Waals surface area contributed by atoms with Crippen molar-refractivity contribution in [3.8, 4) is 5.75 Å². The van der Waals surface area contributed by atoms with E-state index in [1.807, 2.05) is 65.0 Å². The molecule has 0 aliphatic carbocycles. The highest BCUT2D eigenvalue weighted by molar-refractivity contribution is 8.76. The molecule has 58 heavy (non-hydrogen) atoms. The number of aliphatic carboxylic acids is 1. The van der Waals surface area contributed by atoms with E-state index in [-0.39, 0.29) is 54.8 Å². The zero-order chi connectivity index (χ0) is 44.0.